The number of hydrogen-bond acceptors (Lipinski definition) is 3. The first-order valence-corrected chi connectivity index (χ1v) is 15.4. The minimum atomic E-state index is -1.22. The Hall–Kier alpha value is -1.89. The lowest BCUT2D eigenvalue weighted by Crippen LogP contribution is -2.67. The smallest absolute Gasteiger partial charge is 0.362 e. The number of rotatable bonds is 26. The van der Waals surface area contributed by atoms with E-state index >= 15 is 0 Å². The van der Waals surface area contributed by atoms with Crippen molar-refractivity contribution in [2.45, 2.75) is 168 Å². The molecule has 38 heavy (non-hydrogen) atoms. The van der Waals surface area contributed by atoms with Gasteiger partial charge in [-0.15, -0.1) is 0 Å². The summed E-state index contributed by atoms with van der Waals surface area (Å²) in [4.78, 5) is 35.3. The Balaban J connectivity index is 4.14. The Kier molecular flexibility index (Phi) is 20.9. The molecule has 0 rings (SSSR count). The lowest BCUT2D eigenvalue weighted by molar-refractivity contribution is -0.922. The molecule has 3 N–H and O–H groups in total. The van der Waals surface area contributed by atoms with Gasteiger partial charge in [0.1, 0.15) is 0 Å². The van der Waals surface area contributed by atoms with E-state index in [2.05, 4.69) is 6.92 Å². The van der Waals surface area contributed by atoms with Crippen molar-refractivity contribution in [2.75, 3.05) is 0 Å². The molecule has 0 spiro atoms. The second kappa shape index (κ2) is 22.0. The molecule has 3 unspecified atom stereocenters. The molecule has 0 aromatic carbocycles. The predicted octanol–water partition coefficient (Wildman–Crippen LogP) is 8.17. The van der Waals surface area contributed by atoms with Crippen LogP contribution in [0.5, 0.6) is 0 Å². The summed E-state index contributed by atoms with van der Waals surface area (Å²) in [5.74, 6) is -3.66. The van der Waals surface area contributed by atoms with Crippen molar-refractivity contribution >= 4 is 17.9 Å². The fraction of sp³-hybridized carbons (Fsp3) is 0.839. The Labute approximate surface area is 232 Å². The van der Waals surface area contributed by atoms with Gasteiger partial charge in [-0.25, -0.2) is 14.4 Å². The van der Waals surface area contributed by atoms with Crippen molar-refractivity contribution in [3.8, 4) is 0 Å². The van der Waals surface area contributed by atoms with Gasteiger partial charge in [0, 0.05) is 0 Å². The van der Waals surface area contributed by atoms with Crippen molar-refractivity contribution in [2.24, 2.45) is 0 Å². The SMILES string of the molecule is CCCCCCCCCCCCCCCCCCCC/C=C/[N+](C(C)C(=O)O)(C(C)C(=O)O)C(C)C(=O)O. The molecule has 0 saturated carbocycles. The lowest BCUT2D eigenvalue weighted by atomic mass is 10.0. The van der Waals surface area contributed by atoms with Gasteiger partial charge >= 0.3 is 17.9 Å². The Morgan fingerprint density at radius 2 is 0.789 bits per heavy atom. The first-order valence-electron chi connectivity index (χ1n) is 15.4. The minimum absolute atomic E-state index is 0.654. The van der Waals surface area contributed by atoms with Gasteiger partial charge in [0.25, 0.3) is 0 Å². The fourth-order valence-corrected chi connectivity index (χ4v) is 5.39. The standard InChI is InChI=1S/C31H57NO6/c1-5-6-7-8-9-10-11-12-13-14-15-16-17-18-19-20-21-22-23-24-25-32(26(2)29(33)34,27(3)30(35)36)28(4)31(37)38/h24-28H,5-23H2,1-4H3,(H2-,33,34,35,36,37,38)/p+1/b25-24+. The summed E-state index contributed by atoms with van der Waals surface area (Å²) < 4.78 is -0.654. The van der Waals surface area contributed by atoms with Crippen molar-refractivity contribution in [3.63, 3.8) is 0 Å². The maximum atomic E-state index is 11.8. The van der Waals surface area contributed by atoms with Crippen LogP contribution in [0.15, 0.2) is 12.3 Å². The maximum Gasteiger partial charge on any atom is 0.362 e. The molecule has 3 atom stereocenters. The molecular weight excluding hydrogens is 482 g/mol. The highest BCUT2D eigenvalue weighted by Crippen LogP contribution is 2.27. The number of aliphatic carboxylic acids is 3. The van der Waals surface area contributed by atoms with Crippen molar-refractivity contribution < 1.29 is 34.2 Å². The number of unbranched alkanes of at least 4 members (excludes halogenated alkanes) is 18. The summed E-state index contributed by atoms with van der Waals surface area (Å²) in [6.45, 7) is 6.40. The first-order chi connectivity index (χ1) is 18.1. The maximum absolute atomic E-state index is 11.8. The second-order valence-electron chi connectivity index (χ2n) is 11.1. The largest absolute Gasteiger partial charge is 0.477 e. The molecular formula is C31H58NO6+. The van der Waals surface area contributed by atoms with Gasteiger partial charge < -0.3 is 15.3 Å². The van der Waals surface area contributed by atoms with Gasteiger partial charge in [-0.1, -0.05) is 116 Å². The highest BCUT2D eigenvalue weighted by Gasteiger charge is 2.51. The summed E-state index contributed by atoms with van der Waals surface area (Å²) in [6.07, 6.45) is 27.4. The minimum Gasteiger partial charge on any atom is -0.477 e. The second-order valence-corrected chi connectivity index (χ2v) is 11.1. The van der Waals surface area contributed by atoms with Crippen LogP contribution in [0, 0.1) is 0 Å². The highest BCUT2D eigenvalue weighted by atomic mass is 16.4. The van der Waals surface area contributed by atoms with Crippen molar-refractivity contribution in [1.82, 2.24) is 0 Å². The molecule has 0 radical (unpaired) electrons. The van der Waals surface area contributed by atoms with Crippen LogP contribution in [0.3, 0.4) is 0 Å². The average Bonchev–Trinajstić information content (AvgIpc) is 2.88. The van der Waals surface area contributed by atoms with Crippen molar-refractivity contribution in [3.05, 3.63) is 12.3 Å². The van der Waals surface area contributed by atoms with E-state index in [0.717, 1.165) is 19.3 Å². The molecule has 0 heterocycles. The van der Waals surface area contributed by atoms with E-state index in [1.807, 2.05) is 0 Å². The van der Waals surface area contributed by atoms with Crippen LogP contribution in [0.1, 0.15) is 150 Å². The highest BCUT2D eigenvalue weighted by molar-refractivity contribution is 5.77. The molecule has 7 nitrogen and oxygen atoms in total. The summed E-state index contributed by atoms with van der Waals surface area (Å²) in [6, 6.07) is -3.61. The van der Waals surface area contributed by atoms with Crippen LogP contribution in [-0.4, -0.2) is 55.8 Å². The third kappa shape index (κ3) is 14.3. The zero-order valence-electron chi connectivity index (χ0n) is 24.8. The van der Waals surface area contributed by atoms with Crippen molar-refractivity contribution in [1.29, 1.82) is 0 Å². The molecule has 0 amide bonds. The number of hydrogen-bond donors (Lipinski definition) is 3. The molecule has 0 fully saturated rings. The molecule has 0 aromatic heterocycles. The number of carboxylic acids is 3. The lowest BCUT2D eigenvalue weighted by Gasteiger charge is -2.44. The predicted molar refractivity (Wildman–Crippen MR) is 154 cm³/mol. The number of carboxylic acid groups (broad SMARTS) is 3. The van der Waals surface area contributed by atoms with Crippen LogP contribution in [-0.2, 0) is 14.4 Å². The molecule has 0 aliphatic rings. The van der Waals surface area contributed by atoms with Gasteiger partial charge in [0.2, 0.25) is 0 Å². The van der Waals surface area contributed by atoms with E-state index in [1.54, 1.807) is 6.08 Å². The Bertz CT molecular complexity index is 627. The number of allylic oxidation sites excluding steroid dienone is 1. The molecule has 0 aromatic rings. The van der Waals surface area contributed by atoms with Gasteiger partial charge in [0.15, 0.2) is 18.1 Å². The normalized spacial score (nSPS) is 15.7. The van der Waals surface area contributed by atoms with E-state index in [0.29, 0.717) is 6.42 Å². The third-order valence-electron chi connectivity index (χ3n) is 8.17. The monoisotopic (exact) mass is 540 g/mol. The summed E-state index contributed by atoms with van der Waals surface area (Å²) in [5.41, 5.74) is 0. The van der Waals surface area contributed by atoms with E-state index in [4.69, 9.17) is 0 Å². The fourth-order valence-electron chi connectivity index (χ4n) is 5.39. The van der Waals surface area contributed by atoms with Crippen LogP contribution >= 0.6 is 0 Å². The van der Waals surface area contributed by atoms with Crippen LogP contribution < -0.4 is 0 Å². The number of quaternary nitrogens is 1. The zero-order chi connectivity index (χ0) is 28.8. The van der Waals surface area contributed by atoms with E-state index in [1.165, 1.54) is 123 Å². The van der Waals surface area contributed by atoms with Gasteiger partial charge in [-0.3, -0.25) is 4.48 Å². The average molecular weight is 541 g/mol. The Morgan fingerprint density at radius 1 is 0.526 bits per heavy atom. The van der Waals surface area contributed by atoms with Crippen LogP contribution in [0.2, 0.25) is 0 Å². The van der Waals surface area contributed by atoms with Gasteiger partial charge in [0.05, 0.1) is 6.20 Å². The topological polar surface area (TPSA) is 112 Å². The number of carbonyl (C=O) groups is 3. The van der Waals surface area contributed by atoms with Crippen LogP contribution in [0.4, 0.5) is 0 Å². The molecule has 0 saturated heterocycles. The summed E-state index contributed by atoms with van der Waals surface area (Å²) in [5, 5.41) is 28.8. The quantitative estimate of drug-likeness (QED) is 0.0753. The summed E-state index contributed by atoms with van der Waals surface area (Å²) in [7, 11) is 0. The molecule has 0 bridgehead atoms. The Morgan fingerprint density at radius 3 is 1.05 bits per heavy atom. The van der Waals surface area contributed by atoms with E-state index in [9.17, 15) is 29.7 Å². The van der Waals surface area contributed by atoms with Gasteiger partial charge in [-0.2, -0.15) is 0 Å². The van der Waals surface area contributed by atoms with E-state index in [-0.39, 0.29) is 0 Å². The third-order valence-corrected chi connectivity index (χ3v) is 8.17. The first kappa shape index (κ1) is 36.1. The molecule has 7 heteroatoms. The molecule has 222 valence electrons. The van der Waals surface area contributed by atoms with E-state index < -0.39 is 40.5 Å². The summed E-state index contributed by atoms with van der Waals surface area (Å²) >= 11 is 0. The van der Waals surface area contributed by atoms with Gasteiger partial charge in [-0.05, 0) is 39.7 Å². The molecule has 0 aliphatic heterocycles. The zero-order valence-corrected chi connectivity index (χ0v) is 24.8. The van der Waals surface area contributed by atoms with Crippen LogP contribution in [0.25, 0.3) is 0 Å². The number of nitrogens with zero attached hydrogens (tertiary/aromatic N) is 1. The molecule has 0 aliphatic carbocycles.